The largest absolute Gasteiger partial charge is 0.370 e. The number of ether oxygens (including phenoxy) is 1. The molecule has 1 heterocycles. The van der Waals surface area contributed by atoms with Gasteiger partial charge in [-0.3, -0.25) is 24.2 Å². The zero-order valence-corrected chi connectivity index (χ0v) is 22.6. The van der Waals surface area contributed by atoms with Gasteiger partial charge in [0.15, 0.2) is 11.7 Å². The summed E-state index contributed by atoms with van der Waals surface area (Å²) in [6, 6.07) is 5.15. The number of nitrogens with two attached hydrogens (primary N) is 2. The summed E-state index contributed by atoms with van der Waals surface area (Å²) in [7, 11) is 0. The lowest BCUT2D eigenvalue weighted by molar-refractivity contribution is -0.141. The highest BCUT2D eigenvalue weighted by atomic mass is 79.9. The van der Waals surface area contributed by atoms with Crippen molar-refractivity contribution in [3.8, 4) is 0 Å². The van der Waals surface area contributed by atoms with Crippen molar-refractivity contribution in [1.82, 2.24) is 10.2 Å². The highest BCUT2D eigenvalue weighted by Crippen LogP contribution is 2.22. The molecule has 3 atom stereocenters. The zero-order valence-electron chi connectivity index (χ0n) is 21.0. The van der Waals surface area contributed by atoms with Crippen LogP contribution in [0.15, 0.2) is 33.7 Å². The Hall–Kier alpha value is -2.79. The molecule has 1 aliphatic heterocycles. The number of amides is 2. The number of ketones is 2. The zero-order chi connectivity index (χ0) is 26.8. The van der Waals surface area contributed by atoms with Crippen molar-refractivity contribution in [2.45, 2.75) is 58.5 Å². The number of halogens is 1. The number of guanidine groups is 1. The highest BCUT2D eigenvalue weighted by molar-refractivity contribution is 9.10. The molecule has 1 aromatic rings. The molecule has 1 saturated heterocycles. The Kier molecular flexibility index (Phi) is 11.5. The van der Waals surface area contributed by atoms with Crippen LogP contribution >= 0.6 is 15.9 Å². The van der Waals surface area contributed by atoms with Gasteiger partial charge in [0.1, 0.15) is 24.6 Å². The quantitative estimate of drug-likeness (QED) is 0.187. The average Bonchev–Trinajstić information content (AvgIpc) is 3.33. The predicted molar refractivity (Wildman–Crippen MR) is 140 cm³/mol. The summed E-state index contributed by atoms with van der Waals surface area (Å²) >= 11 is 3.33. The fourth-order valence-corrected chi connectivity index (χ4v) is 4.30. The second-order valence-corrected chi connectivity index (χ2v) is 10.1. The van der Waals surface area contributed by atoms with E-state index in [1.165, 1.54) is 4.90 Å². The van der Waals surface area contributed by atoms with E-state index in [0.29, 0.717) is 31.4 Å². The molecule has 0 radical (unpaired) electrons. The van der Waals surface area contributed by atoms with Gasteiger partial charge < -0.3 is 26.4 Å². The first-order valence-electron chi connectivity index (χ1n) is 12.1. The van der Waals surface area contributed by atoms with Gasteiger partial charge >= 0.3 is 0 Å². The first-order valence-corrected chi connectivity index (χ1v) is 12.9. The molecule has 11 heteroatoms. The van der Waals surface area contributed by atoms with Crippen LogP contribution in [0.1, 0.15) is 56.8 Å². The number of carbonyl (C=O) groups is 4. The van der Waals surface area contributed by atoms with E-state index in [9.17, 15) is 19.2 Å². The second kappa shape index (κ2) is 14.1. The van der Waals surface area contributed by atoms with Crippen molar-refractivity contribution >= 4 is 45.3 Å². The number of benzene rings is 1. The van der Waals surface area contributed by atoms with Crippen molar-refractivity contribution in [2.24, 2.45) is 28.3 Å². The van der Waals surface area contributed by atoms with Crippen LogP contribution in [0.3, 0.4) is 0 Å². The van der Waals surface area contributed by atoms with Crippen LogP contribution in [0.5, 0.6) is 0 Å². The van der Waals surface area contributed by atoms with E-state index in [0.717, 1.165) is 4.47 Å². The molecule has 2 amide bonds. The Morgan fingerprint density at radius 3 is 2.44 bits per heavy atom. The van der Waals surface area contributed by atoms with Crippen LogP contribution in [0.4, 0.5) is 0 Å². The monoisotopic (exact) mass is 565 g/mol. The van der Waals surface area contributed by atoms with E-state index in [1.54, 1.807) is 31.2 Å². The van der Waals surface area contributed by atoms with E-state index in [1.807, 2.05) is 13.8 Å². The Morgan fingerprint density at radius 1 is 1.19 bits per heavy atom. The Balaban J connectivity index is 2.09. The third-order valence-electron chi connectivity index (χ3n) is 6.12. The maximum Gasteiger partial charge on any atom is 0.251 e. The maximum absolute atomic E-state index is 13.4. The molecule has 1 fully saturated rings. The van der Waals surface area contributed by atoms with Gasteiger partial charge in [0.2, 0.25) is 5.91 Å². The minimum atomic E-state index is -0.842. The van der Waals surface area contributed by atoms with Gasteiger partial charge in [0, 0.05) is 35.3 Å². The van der Waals surface area contributed by atoms with E-state index in [-0.39, 0.29) is 49.1 Å². The fraction of sp³-hybridized carbons (Fsp3) is 0.560. The summed E-state index contributed by atoms with van der Waals surface area (Å²) in [5, 5.41) is 2.80. The molecule has 0 unspecified atom stereocenters. The molecule has 0 bridgehead atoms. The fourth-order valence-electron chi connectivity index (χ4n) is 4.03. The Bertz CT molecular complexity index is 962. The van der Waals surface area contributed by atoms with Gasteiger partial charge in [-0.05, 0) is 43.0 Å². The van der Waals surface area contributed by atoms with Crippen LogP contribution in [0, 0.1) is 11.8 Å². The maximum atomic E-state index is 13.4. The molecule has 1 aromatic carbocycles. The molecule has 2 rings (SSSR count). The highest BCUT2D eigenvalue weighted by Gasteiger charge is 2.40. The van der Waals surface area contributed by atoms with Gasteiger partial charge in [-0.15, -0.1) is 0 Å². The number of rotatable bonds is 13. The second-order valence-electron chi connectivity index (χ2n) is 9.16. The molecule has 5 N–H and O–H groups in total. The smallest absolute Gasteiger partial charge is 0.251 e. The number of nitrogens with one attached hydrogen (secondary N) is 1. The SMILES string of the molecule is CCC(=O)[C@H](CCCN=C(N)N)CC(=O)[C@@H]1COCN1C(=O)[C@@H](NC(=O)c1ccc(Br)cc1)C(C)C. The average molecular weight is 566 g/mol. The molecule has 1 aliphatic rings. The standard InChI is InChI=1S/C25H36BrN5O5/c1-4-20(32)17(6-5-11-29-25(27)28)12-21(33)19-13-36-14-31(19)24(35)22(15(2)3)30-23(34)16-7-9-18(26)10-8-16/h7-10,15,17,19,22H,4-6,11-14H2,1-3H3,(H,30,34)(H4,27,28,29)/t17-,19+,22+/m1/s1. The van der Waals surface area contributed by atoms with Crippen molar-refractivity contribution in [1.29, 1.82) is 0 Å². The van der Waals surface area contributed by atoms with Gasteiger partial charge in [-0.1, -0.05) is 36.7 Å². The number of hydrogen-bond acceptors (Lipinski definition) is 6. The molecule has 10 nitrogen and oxygen atoms in total. The number of nitrogens with zero attached hydrogens (tertiary/aromatic N) is 2. The van der Waals surface area contributed by atoms with Crippen LogP contribution in [-0.2, 0) is 19.1 Å². The van der Waals surface area contributed by atoms with Gasteiger partial charge in [0.25, 0.3) is 5.91 Å². The molecule has 0 spiro atoms. The first-order chi connectivity index (χ1) is 17.0. The molecule has 0 aromatic heterocycles. The first kappa shape index (κ1) is 29.4. The molecule has 198 valence electrons. The molecular weight excluding hydrogens is 530 g/mol. The van der Waals surface area contributed by atoms with Crippen LogP contribution in [-0.4, -0.2) is 66.2 Å². The number of Topliss-reactive ketones (excluding diaryl/α,β-unsaturated/α-hetero) is 2. The third-order valence-corrected chi connectivity index (χ3v) is 6.65. The topological polar surface area (TPSA) is 157 Å². The van der Waals surface area contributed by atoms with E-state index >= 15 is 0 Å². The van der Waals surface area contributed by atoms with Crippen molar-refractivity contribution in [3.63, 3.8) is 0 Å². The number of aliphatic imine (C=N–C) groups is 1. The van der Waals surface area contributed by atoms with Gasteiger partial charge in [0.05, 0.1) is 6.61 Å². The van der Waals surface area contributed by atoms with Gasteiger partial charge in [-0.2, -0.15) is 0 Å². The van der Waals surface area contributed by atoms with Crippen LogP contribution in [0.25, 0.3) is 0 Å². The third kappa shape index (κ3) is 8.41. The summed E-state index contributed by atoms with van der Waals surface area (Å²) in [6.07, 6.45) is 1.34. The number of carbonyl (C=O) groups excluding carboxylic acids is 4. The molecule has 0 saturated carbocycles. The van der Waals surface area contributed by atoms with Crippen LogP contribution < -0.4 is 16.8 Å². The molecule has 0 aliphatic carbocycles. The molecule has 36 heavy (non-hydrogen) atoms. The lowest BCUT2D eigenvalue weighted by Gasteiger charge is -2.29. The lowest BCUT2D eigenvalue weighted by atomic mass is 9.89. The summed E-state index contributed by atoms with van der Waals surface area (Å²) in [5.74, 6) is -1.76. The summed E-state index contributed by atoms with van der Waals surface area (Å²) in [4.78, 5) is 57.2. The summed E-state index contributed by atoms with van der Waals surface area (Å²) in [6.45, 7) is 5.77. The van der Waals surface area contributed by atoms with E-state index < -0.39 is 23.9 Å². The normalized spacial score (nSPS) is 16.9. The van der Waals surface area contributed by atoms with E-state index in [2.05, 4.69) is 26.2 Å². The minimum absolute atomic E-state index is 0.00387. The van der Waals surface area contributed by atoms with Crippen LogP contribution in [0.2, 0.25) is 0 Å². The van der Waals surface area contributed by atoms with Crippen molar-refractivity contribution in [3.05, 3.63) is 34.3 Å². The Labute approximate surface area is 220 Å². The lowest BCUT2D eigenvalue weighted by Crippen LogP contribution is -2.54. The number of hydrogen-bond donors (Lipinski definition) is 3. The molecular formula is C25H36BrN5O5. The Morgan fingerprint density at radius 2 is 1.86 bits per heavy atom. The van der Waals surface area contributed by atoms with E-state index in [4.69, 9.17) is 16.2 Å². The summed E-state index contributed by atoms with van der Waals surface area (Å²) < 4.78 is 6.31. The van der Waals surface area contributed by atoms with Crippen molar-refractivity contribution < 1.29 is 23.9 Å². The predicted octanol–water partition coefficient (Wildman–Crippen LogP) is 2.00. The summed E-state index contributed by atoms with van der Waals surface area (Å²) in [5.41, 5.74) is 11.1. The minimum Gasteiger partial charge on any atom is -0.370 e. The van der Waals surface area contributed by atoms with Crippen molar-refractivity contribution in [2.75, 3.05) is 19.9 Å². The van der Waals surface area contributed by atoms with Gasteiger partial charge in [-0.25, -0.2) is 0 Å².